The van der Waals surface area contributed by atoms with Gasteiger partial charge in [0.1, 0.15) is 6.10 Å². The molecule has 1 atom stereocenters. The first-order chi connectivity index (χ1) is 12.1. The average Bonchev–Trinajstić information content (AvgIpc) is 3.10. The minimum Gasteiger partial charge on any atom is -0.485 e. The standard InChI is InChI=1S/C19H24N4O2/c1-4-14-12-20-10-7-16(14)19(24)23-11-8-15(13-23)25-17-6-5-9-21-18(17)22(2)3/h5-7,9-10,12,15H,4,8,11,13H2,1-3H3/t15-/m1/s1. The molecule has 1 aliphatic rings. The van der Waals surface area contributed by atoms with Gasteiger partial charge in [0.05, 0.1) is 6.54 Å². The van der Waals surface area contributed by atoms with E-state index in [2.05, 4.69) is 9.97 Å². The largest absolute Gasteiger partial charge is 0.485 e. The highest BCUT2D eigenvalue weighted by molar-refractivity contribution is 5.95. The number of pyridine rings is 2. The van der Waals surface area contributed by atoms with Crippen LogP contribution < -0.4 is 9.64 Å². The molecule has 0 N–H and O–H groups in total. The number of hydrogen-bond acceptors (Lipinski definition) is 5. The Balaban J connectivity index is 1.69. The van der Waals surface area contributed by atoms with Crippen LogP contribution in [0.1, 0.15) is 29.3 Å². The molecule has 2 aromatic rings. The van der Waals surface area contributed by atoms with E-state index in [-0.39, 0.29) is 12.0 Å². The van der Waals surface area contributed by atoms with Gasteiger partial charge in [-0.2, -0.15) is 0 Å². The van der Waals surface area contributed by atoms with Crippen molar-refractivity contribution in [3.63, 3.8) is 0 Å². The molecule has 1 aliphatic heterocycles. The van der Waals surface area contributed by atoms with Crippen molar-refractivity contribution in [2.24, 2.45) is 0 Å². The normalized spacial score (nSPS) is 16.8. The first kappa shape index (κ1) is 17.2. The lowest BCUT2D eigenvalue weighted by Gasteiger charge is -2.21. The van der Waals surface area contributed by atoms with Gasteiger partial charge in [-0.25, -0.2) is 4.98 Å². The number of hydrogen-bond donors (Lipinski definition) is 0. The van der Waals surface area contributed by atoms with Crippen LogP contribution in [0.5, 0.6) is 5.75 Å². The zero-order valence-electron chi connectivity index (χ0n) is 15.0. The van der Waals surface area contributed by atoms with Crippen molar-refractivity contribution in [1.29, 1.82) is 0 Å². The molecule has 132 valence electrons. The van der Waals surface area contributed by atoms with Crippen molar-refractivity contribution in [2.45, 2.75) is 25.9 Å². The quantitative estimate of drug-likeness (QED) is 0.836. The van der Waals surface area contributed by atoms with Crippen molar-refractivity contribution in [3.05, 3.63) is 47.9 Å². The fraction of sp³-hybridized carbons (Fsp3) is 0.421. The zero-order chi connectivity index (χ0) is 17.8. The molecule has 3 heterocycles. The van der Waals surface area contributed by atoms with E-state index in [1.165, 1.54) is 0 Å². The molecule has 2 aromatic heterocycles. The maximum Gasteiger partial charge on any atom is 0.254 e. The van der Waals surface area contributed by atoms with Crippen LogP contribution in [0.25, 0.3) is 0 Å². The summed E-state index contributed by atoms with van der Waals surface area (Å²) in [6.07, 6.45) is 6.80. The van der Waals surface area contributed by atoms with Crippen molar-refractivity contribution in [1.82, 2.24) is 14.9 Å². The van der Waals surface area contributed by atoms with Crippen molar-refractivity contribution in [2.75, 3.05) is 32.1 Å². The molecule has 1 saturated heterocycles. The van der Waals surface area contributed by atoms with Crippen LogP contribution in [-0.4, -0.2) is 54.1 Å². The summed E-state index contributed by atoms with van der Waals surface area (Å²) in [6, 6.07) is 5.59. The smallest absolute Gasteiger partial charge is 0.254 e. The molecule has 1 fully saturated rings. The summed E-state index contributed by atoms with van der Waals surface area (Å²) >= 11 is 0. The Hall–Kier alpha value is -2.63. The molecule has 3 rings (SSSR count). The van der Waals surface area contributed by atoms with E-state index >= 15 is 0 Å². The number of rotatable bonds is 5. The van der Waals surface area contributed by atoms with Gasteiger partial charge >= 0.3 is 0 Å². The van der Waals surface area contributed by atoms with E-state index in [1.807, 2.05) is 43.0 Å². The summed E-state index contributed by atoms with van der Waals surface area (Å²) in [5.41, 5.74) is 1.73. The molecule has 6 nitrogen and oxygen atoms in total. The number of nitrogens with zero attached hydrogens (tertiary/aromatic N) is 4. The second-order valence-corrected chi connectivity index (χ2v) is 6.39. The maximum absolute atomic E-state index is 12.8. The van der Waals surface area contributed by atoms with E-state index in [0.717, 1.165) is 35.5 Å². The van der Waals surface area contributed by atoms with Crippen LogP contribution >= 0.6 is 0 Å². The van der Waals surface area contributed by atoms with Gasteiger partial charge in [-0.05, 0) is 30.2 Å². The number of aryl methyl sites for hydroxylation is 1. The van der Waals surface area contributed by atoms with Crippen LogP contribution in [0.15, 0.2) is 36.8 Å². The number of aromatic nitrogens is 2. The molecule has 0 saturated carbocycles. The highest BCUT2D eigenvalue weighted by atomic mass is 16.5. The number of carbonyl (C=O) groups is 1. The zero-order valence-corrected chi connectivity index (χ0v) is 15.0. The Bertz CT molecular complexity index is 748. The van der Waals surface area contributed by atoms with Crippen LogP contribution in [0.2, 0.25) is 0 Å². The molecule has 0 spiro atoms. The lowest BCUT2D eigenvalue weighted by atomic mass is 10.1. The molecule has 25 heavy (non-hydrogen) atoms. The monoisotopic (exact) mass is 340 g/mol. The summed E-state index contributed by atoms with van der Waals surface area (Å²) in [5.74, 6) is 1.61. The predicted octanol–water partition coefficient (Wildman–Crippen LogP) is 2.40. The summed E-state index contributed by atoms with van der Waals surface area (Å²) < 4.78 is 6.13. The number of ether oxygens (including phenoxy) is 1. The second kappa shape index (κ2) is 7.51. The van der Waals surface area contributed by atoms with Crippen LogP contribution in [-0.2, 0) is 6.42 Å². The van der Waals surface area contributed by atoms with Crippen LogP contribution in [0, 0.1) is 0 Å². The van der Waals surface area contributed by atoms with E-state index in [0.29, 0.717) is 13.1 Å². The summed E-state index contributed by atoms with van der Waals surface area (Å²) in [7, 11) is 3.88. The number of anilines is 1. The Labute approximate surface area is 148 Å². The second-order valence-electron chi connectivity index (χ2n) is 6.39. The molecule has 0 aromatic carbocycles. The summed E-state index contributed by atoms with van der Waals surface area (Å²) in [6.45, 7) is 3.33. The molecule has 0 unspecified atom stereocenters. The van der Waals surface area contributed by atoms with Gasteiger partial charge in [-0.15, -0.1) is 0 Å². The topological polar surface area (TPSA) is 58.6 Å². The van der Waals surface area contributed by atoms with Gasteiger partial charge in [0.2, 0.25) is 0 Å². The van der Waals surface area contributed by atoms with Gasteiger partial charge in [0, 0.05) is 51.2 Å². The average molecular weight is 340 g/mol. The van der Waals surface area contributed by atoms with Gasteiger partial charge in [-0.3, -0.25) is 9.78 Å². The number of amides is 1. The Kier molecular flexibility index (Phi) is 5.16. The lowest BCUT2D eigenvalue weighted by molar-refractivity contribution is 0.0771. The fourth-order valence-electron chi connectivity index (χ4n) is 3.09. The van der Waals surface area contributed by atoms with E-state index in [4.69, 9.17) is 4.74 Å². The van der Waals surface area contributed by atoms with E-state index in [9.17, 15) is 4.79 Å². The molecule has 1 amide bonds. The summed E-state index contributed by atoms with van der Waals surface area (Å²) in [5, 5.41) is 0. The van der Waals surface area contributed by atoms with Crippen molar-refractivity contribution >= 4 is 11.7 Å². The van der Waals surface area contributed by atoms with E-state index < -0.39 is 0 Å². The van der Waals surface area contributed by atoms with Crippen molar-refractivity contribution < 1.29 is 9.53 Å². The highest BCUT2D eigenvalue weighted by Gasteiger charge is 2.29. The minimum absolute atomic E-state index is 0.0150. The molecular weight excluding hydrogens is 316 g/mol. The molecule has 0 radical (unpaired) electrons. The maximum atomic E-state index is 12.8. The van der Waals surface area contributed by atoms with Crippen LogP contribution in [0.3, 0.4) is 0 Å². The Morgan fingerprint density at radius 2 is 2.20 bits per heavy atom. The SMILES string of the molecule is CCc1cnccc1C(=O)N1CC[C@@H](Oc2cccnc2N(C)C)C1. The molecular formula is C19H24N4O2. The third kappa shape index (κ3) is 3.73. The molecule has 6 heteroatoms. The number of likely N-dealkylation sites (tertiary alicyclic amines) is 1. The highest BCUT2D eigenvalue weighted by Crippen LogP contribution is 2.27. The first-order valence-electron chi connectivity index (χ1n) is 8.61. The van der Waals surface area contributed by atoms with Crippen LogP contribution in [0.4, 0.5) is 5.82 Å². The lowest BCUT2D eigenvalue weighted by Crippen LogP contribution is -2.31. The minimum atomic E-state index is -0.0150. The van der Waals surface area contributed by atoms with Crippen molar-refractivity contribution in [3.8, 4) is 5.75 Å². The van der Waals surface area contributed by atoms with Gasteiger partial charge in [0.25, 0.3) is 5.91 Å². The molecule has 0 aliphatic carbocycles. The summed E-state index contributed by atoms with van der Waals surface area (Å²) in [4.78, 5) is 25.1. The van der Waals surface area contributed by atoms with E-state index in [1.54, 1.807) is 24.7 Å². The predicted molar refractivity (Wildman–Crippen MR) is 97.1 cm³/mol. The number of carbonyl (C=O) groups excluding carboxylic acids is 1. The molecule has 0 bridgehead atoms. The fourth-order valence-corrected chi connectivity index (χ4v) is 3.09. The first-order valence-corrected chi connectivity index (χ1v) is 8.61. The Morgan fingerprint density at radius 3 is 2.96 bits per heavy atom. The third-order valence-electron chi connectivity index (χ3n) is 4.42. The third-order valence-corrected chi connectivity index (χ3v) is 4.42. The van der Waals surface area contributed by atoms with Gasteiger partial charge < -0.3 is 14.5 Å². The van der Waals surface area contributed by atoms with Gasteiger partial charge in [0.15, 0.2) is 11.6 Å². The van der Waals surface area contributed by atoms with Gasteiger partial charge in [-0.1, -0.05) is 6.92 Å². The Morgan fingerprint density at radius 1 is 1.36 bits per heavy atom.